The van der Waals surface area contributed by atoms with E-state index in [9.17, 15) is 32.3 Å². The Labute approximate surface area is 233 Å². The van der Waals surface area contributed by atoms with Crippen LogP contribution in [0.1, 0.15) is 43.3 Å². The Balaban J connectivity index is 1.44. The molecule has 0 bridgehead atoms. The Kier molecular flexibility index (Phi) is 6.95. The molecule has 0 aliphatic carbocycles. The Morgan fingerprint density at radius 3 is 2.39 bits per heavy atom. The van der Waals surface area contributed by atoms with Crippen LogP contribution in [-0.2, 0) is 20.8 Å². The fourth-order valence-electron chi connectivity index (χ4n) is 5.57. The van der Waals surface area contributed by atoms with E-state index in [1.54, 1.807) is 22.8 Å². The third-order valence-corrected chi connectivity index (χ3v) is 7.44. The van der Waals surface area contributed by atoms with E-state index in [2.05, 4.69) is 10.1 Å². The van der Waals surface area contributed by atoms with Gasteiger partial charge in [-0.25, -0.2) is 19.2 Å². The van der Waals surface area contributed by atoms with Crippen LogP contribution in [0.15, 0.2) is 36.5 Å². The van der Waals surface area contributed by atoms with E-state index >= 15 is 0 Å². The van der Waals surface area contributed by atoms with E-state index in [1.165, 1.54) is 12.1 Å². The fraction of sp³-hybridized carbons (Fsp3) is 0.407. The Bertz CT molecular complexity index is 1550. The normalized spacial score (nSPS) is 18.1. The lowest BCUT2D eigenvalue weighted by Crippen LogP contribution is -2.51. The van der Waals surface area contributed by atoms with Crippen molar-refractivity contribution in [2.75, 3.05) is 25.0 Å². The van der Waals surface area contributed by atoms with Gasteiger partial charge in [-0.3, -0.25) is 19.3 Å². The first-order valence-electron chi connectivity index (χ1n) is 13.0. The van der Waals surface area contributed by atoms with Crippen LogP contribution >= 0.6 is 0 Å². The van der Waals surface area contributed by atoms with Crippen LogP contribution in [0.4, 0.5) is 29.3 Å². The van der Waals surface area contributed by atoms with Gasteiger partial charge in [0.15, 0.2) is 11.7 Å². The number of urea groups is 1. The van der Waals surface area contributed by atoms with Gasteiger partial charge < -0.3 is 9.80 Å². The van der Waals surface area contributed by atoms with E-state index in [4.69, 9.17) is 0 Å². The lowest BCUT2D eigenvalue weighted by atomic mass is 10.0. The topological polar surface area (TPSA) is 111 Å². The smallest absolute Gasteiger partial charge is 0.339 e. The highest BCUT2D eigenvalue weighted by Gasteiger charge is 2.51. The lowest BCUT2D eigenvalue weighted by molar-refractivity contribution is -0.190. The van der Waals surface area contributed by atoms with Gasteiger partial charge in [0.25, 0.3) is 0 Å². The van der Waals surface area contributed by atoms with E-state index in [0.717, 1.165) is 56.5 Å². The number of benzene rings is 1. The van der Waals surface area contributed by atoms with Crippen molar-refractivity contribution in [1.82, 2.24) is 29.3 Å². The van der Waals surface area contributed by atoms with E-state index in [0.29, 0.717) is 26.9 Å². The number of alkyl halides is 3. The Morgan fingerprint density at radius 2 is 1.78 bits per heavy atom. The van der Waals surface area contributed by atoms with Crippen LogP contribution in [0.2, 0.25) is 0 Å². The van der Waals surface area contributed by atoms with Crippen molar-refractivity contribution in [2.45, 2.75) is 51.9 Å². The summed E-state index contributed by atoms with van der Waals surface area (Å²) in [6, 6.07) is 2.62. The molecule has 1 aromatic carbocycles. The zero-order chi connectivity index (χ0) is 29.8. The van der Waals surface area contributed by atoms with Gasteiger partial charge in [-0.2, -0.15) is 18.3 Å². The van der Waals surface area contributed by atoms with Crippen LogP contribution in [-0.4, -0.2) is 85.4 Å². The number of halogens is 3. The fourth-order valence-corrected chi connectivity index (χ4v) is 5.57. The van der Waals surface area contributed by atoms with Gasteiger partial charge in [0.1, 0.15) is 6.04 Å². The third kappa shape index (κ3) is 4.87. The molecule has 41 heavy (non-hydrogen) atoms. The second-order valence-corrected chi connectivity index (χ2v) is 10.2. The molecule has 2 atom stereocenters. The number of hydrogen-bond acceptors (Lipinski definition) is 7. The second-order valence-electron chi connectivity index (χ2n) is 10.2. The van der Waals surface area contributed by atoms with Crippen molar-refractivity contribution in [2.24, 2.45) is 0 Å². The molecule has 4 heterocycles. The number of nitrogens with zero attached hydrogens (tertiary/aromatic N) is 7. The highest BCUT2D eigenvalue weighted by Crippen LogP contribution is 2.40. The maximum atomic E-state index is 14.4. The second kappa shape index (κ2) is 10.2. The number of hydrogen-bond donors (Lipinski definition) is 0. The number of carbonyl (C=O) groups is 4. The number of carbonyl (C=O) groups excluding carboxylic acids is 4. The van der Waals surface area contributed by atoms with Crippen molar-refractivity contribution in [3.63, 3.8) is 0 Å². The summed E-state index contributed by atoms with van der Waals surface area (Å²) in [6.07, 6.45) is -1.56. The minimum Gasteiger partial charge on any atom is -0.339 e. The van der Waals surface area contributed by atoms with Crippen molar-refractivity contribution in [3.05, 3.63) is 53.5 Å². The maximum Gasteiger partial charge on any atom is 0.413 e. The first-order valence-corrected chi connectivity index (χ1v) is 13.0. The first kappa shape index (κ1) is 28.1. The van der Waals surface area contributed by atoms with Crippen LogP contribution in [0.3, 0.4) is 0 Å². The van der Waals surface area contributed by atoms with Crippen molar-refractivity contribution in [1.29, 1.82) is 0 Å². The Hall–Kier alpha value is -4.49. The van der Waals surface area contributed by atoms with Gasteiger partial charge in [0.2, 0.25) is 17.7 Å². The number of aryl methyl sites for hydroxylation is 2. The molecule has 2 aromatic heterocycles. The quantitative estimate of drug-likeness (QED) is 0.472. The van der Waals surface area contributed by atoms with Crippen LogP contribution in [0.25, 0.3) is 5.65 Å². The molecule has 0 radical (unpaired) electrons. The van der Waals surface area contributed by atoms with Crippen LogP contribution < -0.4 is 4.90 Å². The van der Waals surface area contributed by atoms with Crippen LogP contribution in [0, 0.1) is 6.92 Å². The van der Waals surface area contributed by atoms with E-state index in [1.807, 2.05) is 17.9 Å². The molecule has 0 saturated carbocycles. The minimum absolute atomic E-state index is 0.201. The first-order chi connectivity index (χ1) is 19.3. The number of anilines is 2. The molecule has 5 amide bonds. The molecule has 3 aromatic rings. The summed E-state index contributed by atoms with van der Waals surface area (Å²) in [5, 5.41) is 4.52. The molecular formula is C27H28F3N7O4. The summed E-state index contributed by atoms with van der Waals surface area (Å²) in [4.78, 5) is 57.9. The van der Waals surface area contributed by atoms with Gasteiger partial charge in [0.05, 0.1) is 29.8 Å². The van der Waals surface area contributed by atoms with E-state index < -0.39 is 48.6 Å². The van der Waals surface area contributed by atoms with Gasteiger partial charge in [-0.05, 0) is 37.5 Å². The molecule has 1 unspecified atom stereocenters. The van der Waals surface area contributed by atoms with Crippen molar-refractivity contribution < 1.29 is 32.3 Å². The monoisotopic (exact) mass is 571 g/mol. The summed E-state index contributed by atoms with van der Waals surface area (Å²) < 4.78 is 45.0. The lowest BCUT2D eigenvalue weighted by Gasteiger charge is -2.34. The average molecular weight is 572 g/mol. The summed E-state index contributed by atoms with van der Waals surface area (Å²) >= 11 is 0. The van der Waals surface area contributed by atoms with Gasteiger partial charge in [-0.15, -0.1) is 0 Å². The number of imide groups is 2. The third-order valence-electron chi connectivity index (χ3n) is 7.44. The van der Waals surface area contributed by atoms with Gasteiger partial charge in [0, 0.05) is 39.2 Å². The molecule has 1 fully saturated rings. The molecule has 216 valence electrons. The number of aromatic nitrogens is 3. The van der Waals surface area contributed by atoms with Gasteiger partial charge >= 0.3 is 12.2 Å². The highest BCUT2D eigenvalue weighted by molar-refractivity contribution is 6.07. The zero-order valence-corrected chi connectivity index (χ0v) is 22.8. The van der Waals surface area contributed by atoms with Crippen molar-refractivity contribution in [3.8, 4) is 0 Å². The number of fused-ring (bicyclic) bond motifs is 3. The average Bonchev–Trinajstić information content (AvgIpc) is 3.47. The zero-order valence-electron chi connectivity index (χ0n) is 22.8. The molecule has 14 heteroatoms. The number of amides is 5. The van der Waals surface area contributed by atoms with Crippen LogP contribution in [0.5, 0.6) is 0 Å². The molecule has 0 spiro atoms. The molecule has 11 nitrogen and oxygen atoms in total. The van der Waals surface area contributed by atoms with Crippen molar-refractivity contribution >= 4 is 40.8 Å². The Morgan fingerprint density at radius 1 is 1.10 bits per heavy atom. The number of rotatable bonds is 4. The summed E-state index contributed by atoms with van der Waals surface area (Å²) in [5.41, 5.74) is 3.76. The number of likely N-dealkylation sites (N-methyl/N-ethyl adjacent to an activating group) is 1. The summed E-state index contributed by atoms with van der Waals surface area (Å²) in [7, 11) is 0.970. The minimum atomic E-state index is -4.87. The standard InChI is InChI=1S/C27H28F3N7O4/c1-15-12-23-31-13-21-20(37(23)32-15)6-5-11-34(21)19-9-7-18(8-10-19)24(27(28,29)30)33(4)25(40)22-14-35(16(2)38)26(41)36(22)17(3)39/h7-10,12-13,22,24H,5-6,11,14H2,1-4H3/t22?,24-/m0/s1. The predicted molar refractivity (Wildman–Crippen MR) is 140 cm³/mol. The largest absolute Gasteiger partial charge is 0.413 e. The molecule has 5 rings (SSSR count). The summed E-state index contributed by atoms with van der Waals surface area (Å²) in [6.45, 7) is 4.06. The molecule has 2 aliphatic rings. The predicted octanol–water partition coefficient (Wildman–Crippen LogP) is 3.38. The molecule has 2 aliphatic heterocycles. The highest BCUT2D eigenvalue weighted by atomic mass is 19.4. The van der Waals surface area contributed by atoms with E-state index in [-0.39, 0.29) is 5.56 Å². The maximum absolute atomic E-state index is 14.4. The van der Waals surface area contributed by atoms with Gasteiger partial charge in [-0.1, -0.05) is 12.1 Å². The SMILES string of the molecule is CC(=O)N1CC(C(=O)N(C)[C@@H](c2ccc(N3CCCc4c3cnc3cc(C)nn43)cc2)C(F)(F)F)N(C(C)=O)C1=O. The molecule has 0 N–H and O–H groups in total. The summed E-state index contributed by atoms with van der Waals surface area (Å²) in [5.74, 6) is -2.68. The molecular weight excluding hydrogens is 543 g/mol. The molecule has 1 saturated heterocycles.